The van der Waals surface area contributed by atoms with Crippen molar-refractivity contribution >= 4 is 39.3 Å². The van der Waals surface area contributed by atoms with Crippen LogP contribution < -0.4 is 10.2 Å². The summed E-state index contributed by atoms with van der Waals surface area (Å²) in [4.78, 5) is 32.6. The molecule has 4 saturated carbocycles. The average Bonchev–Trinajstić information content (AvgIpc) is 2.88. The second-order valence-electron chi connectivity index (χ2n) is 12.0. The van der Waals surface area contributed by atoms with Crippen LogP contribution >= 0.6 is 11.8 Å². The number of carbonyl (C=O) groups excluding carboxylic acids is 2. The number of piperidine rings is 1. The Morgan fingerprint density at radius 3 is 2.61 bits per heavy atom. The molecule has 1 saturated heterocycles. The van der Waals surface area contributed by atoms with Crippen molar-refractivity contribution in [1.29, 1.82) is 0 Å². The average molecular weight is 564 g/mol. The summed E-state index contributed by atoms with van der Waals surface area (Å²) >= 11 is 1.61. The molecule has 2 unspecified atom stereocenters. The van der Waals surface area contributed by atoms with Gasteiger partial charge in [-0.3, -0.25) is 9.59 Å². The van der Waals surface area contributed by atoms with E-state index in [0.29, 0.717) is 30.7 Å². The zero-order valence-corrected chi connectivity index (χ0v) is 24.4. The van der Waals surface area contributed by atoms with Crippen LogP contribution in [-0.4, -0.2) is 68.3 Å². The van der Waals surface area contributed by atoms with Crippen molar-refractivity contribution in [3.8, 4) is 0 Å². The third kappa shape index (κ3) is 5.44. The number of anilines is 1. The summed E-state index contributed by atoms with van der Waals surface area (Å²) in [6, 6.07) is 3.85. The summed E-state index contributed by atoms with van der Waals surface area (Å²) in [6.07, 6.45) is 8.92. The van der Waals surface area contributed by atoms with E-state index in [-0.39, 0.29) is 35.7 Å². The zero-order chi connectivity index (χ0) is 27.1. The van der Waals surface area contributed by atoms with Gasteiger partial charge in [-0.15, -0.1) is 11.8 Å². The van der Waals surface area contributed by atoms with Crippen LogP contribution in [0, 0.1) is 23.7 Å². The van der Waals surface area contributed by atoms with E-state index in [1.807, 2.05) is 12.1 Å². The van der Waals surface area contributed by atoms with Gasteiger partial charge in [0.1, 0.15) is 10.8 Å². The lowest BCUT2D eigenvalue weighted by Crippen LogP contribution is -2.63. The number of rotatable bonds is 9. The largest absolute Gasteiger partial charge is 0.469 e. The molecule has 0 aromatic carbocycles. The highest BCUT2D eigenvalue weighted by Gasteiger charge is 2.59. The predicted octanol–water partition coefficient (Wildman–Crippen LogP) is 4.08. The molecule has 6 rings (SSSR count). The third-order valence-corrected chi connectivity index (χ3v) is 12.6. The van der Waals surface area contributed by atoms with Crippen molar-refractivity contribution < 1.29 is 22.7 Å². The van der Waals surface area contributed by atoms with Crippen molar-refractivity contribution in [3.63, 3.8) is 0 Å². The number of esters is 1. The number of thioether (sulfide) groups is 1. The molecular formula is C28H41N3O5S2. The molecular weight excluding hydrogens is 522 g/mol. The standard InChI is InChI=1S/C28H41N3O5S2/c1-4-10-37-27-22(7-8-23(29-27)31-9-5-6-18(17-31)13-24(32)36-2)26(33)30-25-20-11-19-12-21(25)16-28(14-19,15-20)38(3,34)35/h7-8,18-21,25H,4-6,9-17H2,1-3H3,(H,30,33)/t18-,19?,20?,21?,25-,28+/m0/s1. The lowest BCUT2D eigenvalue weighted by atomic mass is 9.53. The molecule has 5 fully saturated rings. The fourth-order valence-electron chi connectivity index (χ4n) is 7.72. The lowest BCUT2D eigenvalue weighted by molar-refractivity contribution is -0.141. The molecule has 38 heavy (non-hydrogen) atoms. The number of nitrogens with one attached hydrogen (secondary N) is 1. The van der Waals surface area contributed by atoms with Gasteiger partial charge in [-0.2, -0.15) is 0 Å². The number of hydrogen-bond acceptors (Lipinski definition) is 8. The topological polar surface area (TPSA) is 106 Å². The van der Waals surface area contributed by atoms with E-state index in [9.17, 15) is 18.0 Å². The highest BCUT2D eigenvalue weighted by atomic mass is 32.2. The Bertz CT molecular complexity index is 1160. The van der Waals surface area contributed by atoms with E-state index in [1.165, 1.54) is 13.4 Å². The van der Waals surface area contributed by atoms with Gasteiger partial charge in [0, 0.05) is 31.8 Å². The number of sulfone groups is 1. The highest BCUT2D eigenvalue weighted by molar-refractivity contribution is 7.99. The van der Waals surface area contributed by atoms with Gasteiger partial charge in [-0.25, -0.2) is 13.4 Å². The molecule has 210 valence electrons. The maximum atomic E-state index is 13.6. The molecule has 5 aliphatic rings. The van der Waals surface area contributed by atoms with Crippen LogP contribution in [0.15, 0.2) is 17.2 Å². The first-order valence-electron chi connectivity index (χ1n) is 14.1. The van der Waals surface area contributed by atoms with Crippen molar-refractivity contribution in [2.24, 2.45) is 23.7 Å². The summed E-state index contributed by atoms with van der Waals surface area (Å²) < 4.78 is 29.7. The fraction of sp³-hybridized carbons (Fsp3) is 0.750. The summed E-state index contributed by atoms with van der Waals surface area (Å²) in [7, 11) is -1.70. The minimum atomic E-state index is -3.13. The molecule has 1 N–H and O–H groups in total. The lowest BCUT2D eigenvalue weighted by Gasteiger charge is -2.59. The summed E-state index contributed by atoms with van der Waals surface area (Å²) in [5.41, 5.74) is 0.599. The molecule has 4 bridgehead atoms. The van der Waals surface area contributed by atoms with Crippen LogP contribution in [0.25, 0.3) is 0 Å². The molecule has 0 radical (unpaired) electrons. The molecule has 1 aromatic rings. The van der Waals surface area contributed by atoms with Crippen LogP contribution in [0.4, 0.5) is 5.82 Å². The maximum Gasteiger partial charge on any atom is 0.305 e. The summed E-state index contributed by atoms with van der Waals surface area (Å²) in [5.74, 6) is 2.57. The number of carbonyl (C=O) groups is 2. The van der Waals surface area contributed by atoms with E-state index in [1.54, 1.807) is 11.8 Å². The smallest absolute Gasteiger partial charge is 0.305 e. The van der Waals surface area contributed by atoms with Crippen LogP contribution in [0.2, 0.25) is 0 Å². The Hall–Kier alpha value is -1.81. The van der Waals surface area contributed by atoms with Crippen LogP contribution in [-0.2, 0) is 19.4 Å². The molecule has 3 atom stereocenters. The van der Waals surface area contributed by atoms with E-state index in [0.717, 1.165) is 68.2 Å². The van der Waals surface area contributed by atoms with Gasteiger partial charge in [0.05, 0.1) is 17.4 Å². The molecule has 1 aliphatic heterocycles. The van der Waals surface area contributed by atoms with Crippen LogP contribution in [0.1, 0.15) is 75.1 Å². The second-order valence-corrected chi connectivity index (χ2v) is 15.5. The van der Waals surface area contributed by atoms with Gasteiger partial charge in [-0.1, -0.05) is 6.92 Å². The molecule has 2 heterocycles. The van der Waals surface area contributed by atoms with E-state index in [2.05, 4.69) is 17.1 Å². The number of ether oxygens (including phenoxy) is 1. The molecule has 1 aromatic heterocycles. The van der Waals surface area contributed by atoms with Crippen LogP contribution in [0.3, 0.4) is 0 Å². The van der Waals surface area contributed by atoms with E-state index in [4.69, 9.17) is 9.72 Å². The van der Waals surface area contributed by atoms with Gasteiger partial charge >= 0.3 is 5.97 Å². The fourth-order valence-corrected chi connectivity index (χ4v) is 10.2. The Balaban J connectivity index is 1.32. The minimum absolute atomic E-state index is 0.0267. The van der Waals surface area contributed by atoms with Gasteiger partial charge in [-0.05, 0) is 92.9 Å². The van der Waals surface area contributed by atoms with Crippen molar-refractivity contribution in [2.45, 2.75) is 80.5 Å². The zero-order valence-electron chi connectivity index (χ0n) is 22.8. The Labute approximate surface area is 231 Å². The quantitative estimate of drug-likeness (QED) is 0.354. The third-order valence-electron chi connectivity index (χ3n) is 9.36. The number of pyridine rings is 1. The molecule has 10 heteroatoms. The Kier molecular flexibility index (Phi) is 8.02. The van der Waals surface area contributed by atoms with Crippen molar-refractivity contribution in [2.75, 3.05) is 37.1 Å². The SMILES string of the molecule is CCCSc1nc(N2CCC[C@@H](CC(=O)OC)C2)ccc1C(=O)N[C@H]1C2CC3CC1C[C@@](S(C)(=O)=O)(C3)C2. The first kappa shape index (κ1) is 27.7. The van der Waals surface area contributed by atoms with Crippen molar-refractivity contribution in [1.82, 2.24) is 10.3 Å². The Morgan fingerprint density at radius 2 is 1.95 bits per heavy atom. The van der Waals surface area contributed by atoms with Gasteiger partial charge < -0.3 is 15.0 Å². The van der Waals surface area contributed by atoms with Crippen LogP contribution in [0.5, 0.6) is 0 Å². The summed E-state index contributed by atoms with van der Waals surface area (Å²) in [5, 5.41) is 4.09. The van der Waals surface area contributed by atoms with Gasteiger partial charge in [0.2, 0.25) is 0 Å². The van der Waals surface area contributed by atoms with E-state index < -0.39 is 14.6 Å². The predicted molar refractivity (Wildman–Crippen MR) is 149 cm³/mol. The highest BCUT2D eigenvalue weighted by Crippen LogP contribution is 2.58. The monoisotopic (exact) mass is 563 g/mol. The van der Waals surface area contributed by atoms with Crippen molar-refractivity contribution in [3.05, 3.63) is 17.7 Å². The number of methoxy groups -OCH3 is 1. The number of aromatic nitrogens is 1. The number of nitrogens with zero attached hydrogens (tertiary/aromatic N) is 2. The molecule has 4 aliphatic carbocycles. The van der Waals surface area contributed by atoms with Gasteiger partial charge in [0.25, 0.3) is 5.91 Å². The Morgan fingerprint density at radius 1 is 1.21 bits per heavy atom. The second kappa shape index (κ2) is 11.0. The minimum Gasteiger partial charge on any atom is -0.469 e. The first-order chi connectivity index (χ1) is 18.1. The van der Waals surface area contributed by atoms with Gasteiger partial charge in [0.15, 0.2) is 9.84 Å². The van der Waals surface area contributed by atoms with E-state index >= 15 is 0 Å². The maximum absolute atomic E-state index is 13.6. The first-order valence-corrected chi connectivity index (χ1v) is 17.0. The molecule has 0 spiro atoms. The summed E-state index contributed by atoms with van der Waals surface area (Å²) in [6.45, 7) is 3.74. The molecule has 1 amide bonds. The number of amides is 1. The number of hydrogen-bond donors (Lipinski definition) is 1. The molecule has 8 nitrogen and oxygen atoms in total. The normalized spacial score (nSPS) is 32.3.